The van der Waals surface area contributed by atoms with E-state index in [1.807, 2.05) is 29.2 Å². The van der Waals surface area contributed by atoms with E-state index < -0.39 is 0 Å². The lowest BCUT2D eigenvalue weighted by Crippen LogP contribution is -2.31. The van der Waals surface area contributed by atoms with Crippen molar-refractivity contribution in [1.29, 1.82) is 0 Å². The SMILES string of the molecule is Cl.NC1CCN(C(=O)CCCOc2ccccc2Br)C1. The molecule has 0 radical (unpaired) electrons. The van der Waals surface area contributed by atoms with Crippen molar-refractivity contribution in [3.8, 4) is 5.75 Å². The number of nitrogens with two attached hydrogens (primary N) is 1. The summed E-state index contributed by atoms with van der Waals surface area (Å²) >= 11 is 3.42. The van der Waals surface area contributed by atoms with Crippen LogP contribution in [0.4, 0.5) is 0 Å². The monoisotopic (exact) mass is 362 g/mol. The molecule has 2 N–H and O–H groups in total. The number of carbonyl (C=O) groups is 1. The van der Waals surface area contributed by atoms with Gasteiger partial charge in [-0.1, -0.05) is 12.1 Å². The van der Waals surface area contributed by atoms with E-state index in [0.717, 1.165) is 29.6 Å². The predicted molar refractivity (Wildman–Crippen MR) is 85.3 cm³/mol. The second kappa shape index (κ2) is 8.49. The van der Waals surface area contributed by atoms with Gasteiger partial charge in [-0.2, -0.15) is 0 Å². The summed E-state index contributed by atoms with van der Waals surface area (Å²) in [4.78, 5) is 13.7. The minimum absolute atomic E-state index is 0. The molecule has 112 valence electrons. The maximum absolute atomic E-state index is 11.9. The van der Waals surface area contributed by atoms with Crippen LogP contribution >= 0.6 is 28.3 Å². The van der Waals surface area contributed by atoms with Crippen LogP contribution in [-0.4, -0.2) is 36.5 Å². The van der Waals surface area contributed by atoms with E-state index >= 15 is 0 Å². The van der Waals surface area contributed by atoms with Crippen LogP contribution in [0.25, 0.3) is 0 Å². The van der Waals surface area contributed by atoms with E-state index in [1.165, 1.54) is 0 Å². The van der Waals surface area contributed by atoms with Crippen LogP contribution in [0.2, 0.25) is 0 Å². The van der Waals surface area contributed by atoms with Crippen molar-refractivity contribution in [1.82, 2.24) is 4.90 Å². The average Bonchev–Trinajstić information content (AvgIpc) is 2.83. The molecule has 1 aromatic carbocycles. The number of benzene rings is 1. The molecule has 0 bridgehead atoms. The molecule has 20 heavy (non-hydrogen) atoms. The second-order valence-corrected chi connectivity index (χ2v) is 5.63. The topological polar surface area (TPSA) is 55.6 Å². The quantitative estimate of drug-likeness (QED) is 0.818. The molecule has 1 aliphatic heterocycles. The molecule has 4 nitrogen and oxygen atoms in total. The molecule has 1 saturated heterocycles. The summed E-state index contributed by atoms with van der Waals surface area (Å²) in [5.41, 5.74) is 5.79. The van der Waals surface area contributed by atoms with Crippen LogP contribution in [-0.2, 0) is 4.79 Å². The average molecular weight is 364 g/mol. The van der Waals surface area contributed by atoms with Gasteiger partial charge in [0.25, 0.3) is 0 Å². The minimum Gasteiger partial charge on any atom is -0.492 e. The largest absolute Gasteiger partial charge is 0.492 e. The number of amides is 1. The highest BCUT2D eigenvalue weighted by molar-refractivity contribution is 9.10. The van der Waals surface area contributed by atoms with E-state index in [4.69, 9.17) is 10.5 Å². The summed E-state index contributed by atoms with van der Waals surface area (Å²) in [7, 11) is 0. The van der Waals surface area contributed by atoms with Crippen molar-refractivity contribution in [2.24, 2.45) is 5.73 Å². The number of carbonyl (C=O) groups excluding carboxylic acids is 1. The first-order valence-corrected chi connectivity index (χ1v) is 7.37. The minimum atomic E-state index is 0. The molecule has 1 fully saturated rings. The van der Waals surface area contributed by atoms with Crippen molar-refractivity contribution >= 4 is 34.2 Å². The Morgan fingerprint density at radius 3 is 2.85 bits per heavy atom. The molecular formula is C14H20BrClN2O2. The standard InChI is InChI=1S/C14H19BrN2O2.ClH/c15-12-4-1-2-5-13(12)19-9-3-6-14(18)17-8-7-11(16)10-17;/h1-2,4-5,11H,3,6-10,16H2;1H. The fourth-order valence-corrected chi connectivity index (χ4v) is 2.54. The first-order chi connectivity index (χ1) is 9.16. The zero-order chi connectivity index (χ0) is 13.7. The van der Waals surface area contributed by atoms with Gasteiger partial charge in [-0.3, -0.25) is 4.79 Å². The molecule has 0 saturated carbocycles. The van der Waals surface area contributed by atoms with Crippen LogP contribution in [0.1, 0.15) is 19.3 Å². The third-order valence-corrected chi connectivity index (χ3v) is 3.86. The van der Waals surface area contributed by atoms with E-state index in [-0.39, 0.29) is 24.4 Å². The van der Waals surface area contributed by atoms with Gasteiger partial charge >= 0.3 is 0 Å². The van der Waals surface area contributed by atoms with Crippen molar-refractivity contribution in [2.75, 3.05) is 19.7 Å². The Labute approximate surface area is 134 Å². The van der Waals surface area contributed by atoms with E-state index in [1.54, 1.807) is 0 Å². The van der Waals surface area contributed by atoms with Gasteiger partial charge in [-0.25, -0.2) is 0 Å². The van der Waals surface area contributed by atoms with Gasteiger partial charge < -0.3 is 15.4 Å². The Morgan fingerprint density at radius 2 is 2.20 bits per heavy atom. The molecule has 0 aliphatic carbocycles. The summed E-state index contributed by atoms with van der Waals surface area (Å²) in [6.45, 7) is 2.04. The normalized spacial score (nSPS) is 17.7. The number of nitrogens with zero attached hydrogens (tertiary/aromatic N) is 1. The Morgan fingerprint density at radius 1 is 1.45 bits per heavy atom. The fourth-order valence-electron chi connectivity index (χ4n) is 2.14. The van der Waals surface area contributed by atoms with Crippen molar-refractivity contribution in [3.63, 3.8) is 0 Å². The number of hydrogen-bond donors (Lipinski definition) is 1. The van der Waals surface area contributed by atoms with Gasteiger partial charge in [0, 0.05) is 25.6 Å². The number of hydrogen-bond acceptors (Lipinski definition) is 3. The Balaban J connectivity index is 0.00000200. The predicted octanol–water partition coefficient (Wildman–Crippen LogP) is 2.59. The highest BCUT2D eigenvalue weighted by Gasteiger charge is 2.22. The lowest BCUT2D eigenvalue weighted by molar-refractivity contribution is -0.130. The van der Waals surface area contributed by atoms with Gasteiger partial charge in [0.2, 0.25) is 5.91 Å². The molecule has 1 unspecified atom stereocenters. The molecule has 1 amide bonds. The molecule has 1 aliphatic rings. The van der Waals surface area contributed by atoms with Gasteiger partial charge in [-0.05, 0) is 40.9 Å². The first kappa shape index (κ1) is 17.3. The zero-order valence-corrected chi connectivity index (χ0v) is 13.7. The van der Waals surface area contributed by atoms with Crippen LogP contribution in [0.3, 0.4) is 0 Å². The zero-order valence-electron chi connectivity index (χ0n) is 11.3. The number of likely N-dealkylation sites (tertiary alicyclic amines) is 1. The molecular weight excluding hydrogens is 344 g/mol. The van der Waals surface area contributed by atoms with Crippen LogP contribution in [0.5, 0.6) is 5.75 Å². The summed E-state index contributed by atoms with van der Waals surface area (Å²) in [6, 6.07) is 7.87. The third-order valence-electron chi connectivity index (χ3n) is 3.21. The van der Waals surface area contributed by atoms with Crippen LogP contribution in [0, 0.1) is 0 Å². The summed E-state index contributed by atoms with van der Waals surface area (Å²) in [5, 5.41) is 0. The van der Waals surface area contributed by atoms with Crippen molar-refractivity contribution in [3.05, 3.63) is 28.7 Å². The number of halogens is 2. The Hall–Kier alpha value is -0.780. The van der Waals surface area contributed by atoms with Crippen molar-refractivity contribution < 1.29 is 9.53 Å². The third kappa shape index (κ3) is 4.96. The molecule has 6 heteroatoms. The smallest absolute Gasteiger partial charge is 0.222 e. The highest BCUT2D eigenvalue weighted by atomic mass is 79.9. The maximum Gasteiger partial charge on any atom is 0.222 e. The molecule has 1 aromatic rings. The van der Waals surface area contributed by atoms with Gasteiger partial charge in [0.1, 0.15) is 5.75 Å². The van der Waals surface area contributed by atoms with Gasteiger partial charge in [0.15, 0.2) is 0 Å². The lowest BCUT2D eigenvalue weighted by Gasteiger charge is -2.15. The molecule has 1 heterocycles. The number of para-hydroxylation sites is 1. The maximum atomic E-state index is 11.9. The van der Waals surface area contributed by atoms with E-state index in [0.29, 0.717) is 19.6 Å². The van der Waals surface area contributed by atoms with E-state index in [2.05, 4.69) is 15.9 Å². The van der Waals surface area contributed by atoms with E-state index in [9.17, 15) is 4.79 Å². The number of ether oxygens (including phenoxy) is 1. The lowest BCUT2D eigenvalue weighted by atomic mass is 10.3. The molecule has 1 atom stereocenters. The van der Waals surface area contributed by atoms with Gasteiger partial charge in [0.05, 0.1) is 11.1 Å². The molecule has 0 spiro atoms. The van der Waals surface area contributed by atoms with Gasteiger partial charge in [-0.15, -0.1) is 12.4 Å². The Bertz CT molecular complexity index is 445. The number of rotatable bonds is 5. The van der Waals surface area contributed by atoms with Crippen LogP contribution < -0.4 is 10.5 Å². The molecule has 0 aromatic heterocycles. The van der Waals surface area contributed by atoms with Crippen molar-refractivity contribution in [2.45, 2.75) is 25.3 Å². The summed E-state index contributed by atoms with van der Waals surface area (Å²) < 4.78 is 6.57. The van der Waals surface area contributed by atoms with Crippen LogP contribution in [0.15, 0.2) is 28.7 Å². The fraction of sp³-hybridized carbons (Fsp3) is 0.500. The molecule has 2 rings (SSSR count). The Kier molecular flexibility index (Phi) is 7.34. The summed E-state index contributed by atoms with van der Waals surface area (Å²) in [6.07, 6.45) is 2.17. The second-order valence-electron chi connectivity index (χ2n) is 4.77. The first-order valence-electron chi connectivity index (χ1n) is 6.57. The summed E-state index contributed by atoms with van der Waals surface area (Å²) in [5.74, 6) is 1.00. The highest BCUT2D eigenvalue weighted by Crippen LogP contribution is 2.23.